The second-order valence-electron chi connectivity index (χ2n) is 8.50. The summed E-state index contributed by atoms with van der Waals surface area (Å²) >= 11 is 0. The zero-order valence-corrected chi connectivity index (χ0v) is 18.1. The SMILES string of the molecule is O=C(NC(CN1CCCC1=O)c1cccc(C(F)(F)F)c1)c1ccc(NC2CC2)c([N+](=O)[O-])c1. The Morgan fingerprint density at radius 3 is 2.59 bits per heavy atom. The minimum atomic E-state index is -4.57. The van der Waals surface area contributed by atoms with Gasteiger partial charge in [-0.1, -0.05) is 12.1 Å². The Labute approximate surface area is 193 Å². The third kappa shape index (κ3) is 5.46. The normalized spacial score (nSPS) is 16.9. The van der Waals surface area contributed by atoms with E-state index in [0.29, 0.717) is 25.1 Å². The number of nitro groups is 1. The number of nitrogens with zero attached hydrogens (tertiary/aromatic N) is 2. The molecule has 0 radical (unpaired) electrons. The van der Waals surface area contributed by atoms with Crippen LogP contribution in [0.15, 0.2) is 42.5 Å². The molecule has 34 heavy (non-hydrogen) atoms. The van der Waals surface area contributed by atoms with Gasteiger partial charge in [0, 0.05) is 37.2 Å². The fraction of sp³-hybridized carbons (Fsp3) is 0.391. The molecule has 0 bridgehead atoms. The average Bonchev–Trinajstić information content (AvgIpc) is 3.52. The van der Waals surface area contributed by atoms with Crippen LogP contribution in [0.3, 0.4) is 0 Å². The number of halogens is 3. The van der Waals surface area contributed by atoms with E-state index in [2.05, 4.69) is 10.6 Å². The number of amides is 2. The third-order valence-corrected chi connectivity index (χ3v) is 5.89. The van der Waals surface area contributed by atoms with Crippen molar-refractivity contribution in [3.8, 4) is 0 Å². The lowest BCUT2D eigenvalue weighted by Crippen LogP contribution is -2.38. The first kappa shape index (κ1) is 23.5. The lowest BCUT2D eigenvalue weighted by atomic mass is 10.0. The second-order valence-corrected chi connectivity index (χ2v) is 8.50. The molecular weight excluding hydrogens is 453 g/mol. The molecule has 1 unspecified atom stereocenters. The van der Waals surface area contributed by atoms with E-state index in [4.69, 9.17) is 0 Å². The van der Waals surface area contributed by atoms with Crippen LogP contribution in [0, 0.1) is 10.1 Å². The molecule has 4 rings (SSSR count). The maximum atomic E-state index is 13.3. The minimum Gasteiger partial charge on any atom is -0.377 e. The maximum absolute atomic E-state index is 13.3. The molecule has 11 heteroatoms. The van der Waals surface area contributed by atoms with E-state index in [-0.39, 0.29) is 35.3 Å². The Morgan fingerprint density at radius 2 is 1.97 bits per heavy atom. The monoisotopic (exact) mass is 476 g/mol. The Morgan fingerprint density at radius 1 is 1.21 bits per heavy atom. The summed E-state index contributed by atoms with van der Waals surface area (Å²) in [5.41, 5.74) is -0.642. The van der Waals surface area contributed by atoms with Gasteiger partial charge in [-0.15, -0.1) is 0 Å². The van der Waals surface area contributed by atoms with Gasteiger partial charge in [0.1, 0.15) is 5.69 Å². The number of nitro benzene ring substituents is 1. The van der Waals surface area contributed by atoms with Crippen LogP contribution in [-0.4, -0.2) is 40.8 Å². The number of carbonyl (C=O) groups is 2. The molecule has 1 atom stereocenters. The summed E-state index contributed by atoms with van der Waals surface area (Å²) in [6.45, 7) is 0.437. The highest BCUT2D eigenvalue weighted by Crippen LogP contribution is 2.33. The van der Waals surface area contributed by atoms with Gasteiger partial charge in [0.05, 0.1) is 16.5 Å². The molecule has 0 aromatic heterocycles. The van der Waals surface area contributed by atoms with E-state index in [1.54, 1.807) is 0 Å². The average molecular weight is 476 g/mol. The van der Waals surface area contributed by atoms with Crippen LogP contribution in [0.4, 0.5) is 24.5 Å². The van der Waals surface area contributed by atoms with Crippen molar-refractivity contribution in [3.63, 3.8) is 0 Å². The standard InChI is InChI=1S/C23H23F3N4O4/c24-23(25,26)16-4-1-3-14(11-16)19(13-29-10-2-5-21(29)31)28-22(32)15-6-9-18(27-17-7-8-17)20(12-15)30(33)34/h1,3-4,6,9,11-12,17,19,27H,2,5,7-8,10,13H2,(H,28,32). The predicted octanol–water partition coefficient (Wildman–Crippen LogP) is 4.28. The lowest BCUT2D eigenvalue weighted by Gasteiger charge is -2.26. The first-order chi connectivity index (χ1) is 16.1. The van der Waals surface area contributed by atoms with Crippen LogP contribution in [0.25, 0.3) is 0 Å². The zero-order chi connectivity index (χ0) is 24.5. The summed E-state index contributed by atoms with van der Waals surface area (Å²) in [5, 5.41) is 17.2. The van der Waals surface area contributed by atoms with Gasteiger partial charge in [-0.25, -0.2) is 0 Å². The molecule has 1 heterocycles. The van der Waals surface area contributed by atoms with E-state index in [1.165, 1.54) is 29.2 Å². The molecule has 2 aliphatic rings. The molecule has 1 saturated carbocycles. The van der Waals surface area contributed by atoms with Gasteiger partial charge in [0.25, 0.3) is 11.6 Å². The first-order valence-electron chi connectivity index (χ1n) is 10.9. The topological polar surface area (TPSA) is 105 Å². The highest BCUT2D eigenvalue weighted by Gasteiger charge is 2.32. The molecule has 180 valence electrons. The van der Waals surface area contributed by atoms with Gasteiger partial charge < -0.3 is 15.5 Å². The van der Waals surface area contributed by atoms with Crippen molar-refractivity contribution in [1.29, 1.82) is 0 Å². The highest BCUT2D eigenvalue weighted by molar-refractivity contribution is 5.96. The van der Waals surface area contributed by atoms with Gasteiger partial charge in [-0.2, -0.15) is 13.2 Å². The molecule has 1 saturated heterocycles. The van der Waals surface area contributed by atoms with Gasteiger partial charge in [0.2, 0.25) is 5.91 Å². The number of carbonyl (C=O) groups excluding carboxylic acids is 2. The van der Waals surface area contributed by atoms with Crippen LogP contribution >= 0.6 is 0 Å². The van der Waals surface area contributed by atoms with Crippen molar-refractivity contribution in [2.75, 3.05) is 18.4 Å². The molecule has 0 spiro atoms. The number of benzene rings is 2. The quantitative estimate of drug-likeness (QED) is 0.437. The number of alkyl halides is 3. The van der Waals surface area contributed by atoms with Gasteiger partial charge >= 0.3 is 6.18 Å². The molecule has 2 amide bonds. The van der Waals surface area contributed by atoms with E-state index >= 15 is 0 Å². The van der Waals surface area contributed by atoms with Crippen LogP contribution < -0.4 is 10.6 Å². The number of rotatable bonds is 8. The fourth-order valence-electron chi connectivity index (χ4n) is 3.92. The Bertz CT molecular complexity index is 1120. The van der Waals surface area contributed by atoms with E-state index < -0.39 is 28.6 Å². The molecule has 2 fully saturated rings. The Balaban J connectivity index is 1.60. The van der Waals surface area contributed by atoms with Crippen LogP contribution in [0.5, 0.6) is 0 Å². The lowest BCUT2D eigenvalue weighted by molar-refractivity contribution is -0.384. The maximum Gasteiger partial charge on any atom is 0.416 e. The largest absolute Gasteiger partial charge is 0.416 e. The minimum absolute atomic E-state index is 0.00206. The van der Waals surface area contributed by atoms with E-state index in [1.807, 2.05) is 0 Å². The summed E-state index contributed by atoms with van der Waals surface area (Å²) in [6, 6.07) is 7.82. The van der Waals surface area contributed by atoms with E-state index in [0.717, 1.165) is 31.0 Å². The summed E-state index contributed by atoms with van der Waals surface area (Å²) in [6.07, 6.45) is -1.78. The first-order valence-corrected chi connectivity index (χ1v) is 10.9. The number of likely N-dealkylation sites (tertiary alicyclic amines) is 1. The van der Waals surface area contributed by atoms with Crippen LogP contribution in [0.2, 0.25) is 0 Å². The highest BCUT2D eigenvalue weighted by atomic mass is 19.4. The Kier molecular flexibility index (Phi) is 6.45. The summed E-state index contributed by atoms with van der Waals surface area (Å²) in [7, 11) is 0. The van der Waals surface area contributed by atoms with Crippen molar-refractivity contribution in [2.45, 2.75) is 43.9 Å². The molecule has 1 aliphatic heterocycles. The number of nitrogens with one attached hydrogen (secondary N) is 2. The molecule has 8 nitrogen and oxygen atoms in total. The van der Waals surface area contributed by atoms with E-state index in [9.17, 15) is 32.9 Å². The van der Waals surface area contributed by atoms with Crippen LogP contribution in [0.1, 0.15) is 53.2 Å². The molecule has 1 aliphatic carbocycles. The predicted molar refractivity (Wildman–Crippen MR) is 117 cm³/mol. The van der Waals surface area contributed by atoms with Crippen molar-refractivity contribution in [2.24, 2.45) is 0 Å². The molecule has 2 aromatic carbocycles. The zero-order valence-electron chi connectivity index (χ0n) is 18.1. The van der Waals surface area contributed by atoms with Crippen molar-refractivity contribution in [1.82, 2.24) is 10.2 Å². The molecular formula is C23H23F3N4O4. The van der Waals surface area contributed by atoms with Crippen molar-refractivity contribution >= 4 is 23.2 Å². The number of hydrogen-bond donors (Lipinski definition) is 2. The Hall–Kier alpha value is -3.63. The molecule has 2 aromatic rings. The van der Waals surface area contributed by atoms with Gasteiger partial charge in [-0.3, -0.25) is 19.7 Å². The van der Waals surface area contributed by atoms with Gasteiger partial charge in [0.15, 0.2) is 0 Å². The summed E-state index contributed by atoms with van der Waals surface area (Å²) in [4.78, 5) is 37.6. The molecule has 2 N–H and O–H groups in total. The van der Waals surface area contributed by atoms with Crippen LogP contribution in [-0.2, 0) is 11.0 Å². The number of hydrogen-bond acceptors (Lipinski definition) is 5. The number of anilines is 1. The van der Waals surface area contributed by atoms with Gasteiger partial charge in [-0.05, 0) is 49.1 Å². The smallest absolute Gasteiger partial charge is 0.377 e. The summed E-state index contributed by atoms with van der Waals surface area (Å²) < 4.78 is 39.8. The van der Waals surface area contributed by atoms with Crippen molar-refractivity contribution in [3.05, 3.63) is 69.3 Å². The van der Waals surface area contributed by atoms with Crippen molar-refractivity contribution < 1.29 is 27.7 Å². The summed E-state index contributed by atoms with van der Waals surface area (Å²) in [5.74, 6) is -0.826. The second kappa shape index (κ2) is 9.32. The third-order valence-electron chi connectivity index (χ3n) is 5.89. The fourth-order valence-corrected chi connectivity index (χ4v) is 3.92.